The van der Waals surface area contributed by atoms with E-state index in [4.69, 9.17) is 0 Å². The number of aliphatic imine (C=N–C) groups is 2. The lowest BCUT2D eigenvalue weighted by Gasteiger charge is -2.23. The molecule has 1 amide bonds. The number of aryl methyl sites for hydroxylation is 1. The lowest BCUT2D eigenvalue weighted by atomic mass is 10.0. The smallest absolute Gasteiger partial charge is 0.274 e. The zero-order chi connectivity index (χ0) is 12.7. The molecule has 2 aliphatic heterocycles. The number of rotatable bonds is 2. The van der Waals surface area contributed by atoms with E-state index in [1.54, 1.807) is 23.4 Å². The van der Waals surface area contributed by atoms with Gasteiger partial charge in [-0.05, 0) is 6.92 Å². The van der Waals surface area contributed by atoms with Gasteiger partial charge in [0.15, 0.2) is 6.04 Å². The van der Waals surface area contributed by atoms with Gasteiger partial charge in [0, 0.05) is 37.1 Å². The van der Waals surface area contributed by atoms with Gasteiger partial charge in [0.2, 0.25) is 0 Å². The number of hydrogen-bond donors (Lipinski definition) is 0. The average molecular weight is 243 g/mol. The van der Waals surface area contributed by atoms with Gasteiger partial charge in [0.1, 0.15) is 0 Å². The first-order chi connectivity index (χ1) is 8.70. The molecule has 1 unspecified atom stereocenters. The number of carbonyl (C=O) groups is 1. The predicted molar refractivity (Wildman–Crippen MR) is 68.3 cm³/mol. The first-order valence-corrected chi connectivity index (χ1v) is 5.81. The molecular formula is C12H13N5O. The van der Waals surface area contributed by atoms with Crippen LogP contribution in [0.3, 0.4) is 0 Å². The lowest BCUT2D eigenvalue weighted by Crippen LogP contribution is -2.38. The Morgan fingerprint density at radius 2 is 2.22 bits per heavy atom. The van der Waals surface area contributed by atoms with Crippen LogP contribution in [0.2, 0.25) is 0 Å². The molecule has 0 N–H and O–H groups in total. The van der Waals surface area contributed by atoms with Gasteiger partial charge >= 0.3 is 0 Å². The van der Waals surface area contributed by atoms with Crippen LogP contribution in [0.4, 0.5) is 0 Å². The molecule has 0 saturated carbocycles. The fraction of sp³-hybridized carbons (Fsp3) is 0.333. The molecule has 0 spiro atoms. The van der Waals surface area contributed by atoms with Crippen LogP contribution in [-0.2, 0) is 11.8 Å². The topological polar surface area (TPSA) is 62.9 Å². The number of fused-ring (bicyclic) bond motifs is 1. The van der Waals surface area contributed by atoms with E-state index in [2.05, 4.69) is 15.1 Å². The van der Waals surface area contributed by atoms with Crippen LogP contribution >= 0.6 is 0 Å². The molecule has 6 heteroatoms. The number of allylic oxidation sites excluding steroid dienone is 1. The quantitative estimate of drug-likeness (QED) is 0.758. The minimum absolute atomic E-state index is 0.156. The summed E-state index contributed by atoms with van der Waals surface area (Å²) in [6.07, 6.45) is 6.95. The lowest BCUT2D eigenvalue weighted by molar-refractivity contribution is -0.120. The van der Waals surface area contributed by atoms with E-state index < -0.39 is 0 Å². The van der Waals surface area contributed by atoms with Gasteiger partial charge in [0.25, 0.3) is 5.91 Å². The maximum atomic E-state index is 11.9. The van der Waals surface area contributed by atoms with Crippen LogP contribution in [0.5, 0.6) is 0 Å². The van der Waals surface area contributed by atoms with E-state index in [1.807, 2.05) is 25.1 Å². The fourth-order valence-corrected chi connectivity index (χ4v) is 2.22. The third-order valence-electron chi connectivity index (χ3n) is 3.15. The van der Waals surface area contributed by atoms with E-state index >= 15 is 0 Å². The van der Waals surface area contributed by atoms with Crippen LogP contribution in [0, 0.1) is 0 Å². The van der Waals surface area contributed by atoms with Crippen LogP contribution in [0.1, 0.15) is 12.5 Å². The van der Waals surface area contributed by atoms with E-state index in [0.29, 0.717) is 0 Å². The van der Waals surface area contributed by atoms with Crippen LogP contribution in [0.25, 0.3) is 5.57 Å². The molecule has 92 valence electrons. The first-order valence-electron chi connectivity index (χ1n) is 5.81. The highest BCUT2D eigenvalue weighted by molar-refractivity contribution is 6.19. The van der Waals surface area contributed by atoms with Crippen LogP contribution in [-0.4, -0.2) is 45.7 Å². The summed E-state index contributed by atoms with van der Waals surface area (Å²) in [5.74, 6) is -0.156. The Labute approximate surface area is 104 Å². The second-order valence-electron chi connectivity index (χ2n) is 4.28. The highest BCUT2D eigenvalue weighted by Gasteiger charge is 2.35. The summed E-state index contributed by atoms with van der Waals surface area (Å²) in [6.45, 7) is 2.73. The van der Waals surface area contributed by atoms with Crippen LogP contribution in [0.15, 0.2) is 28.1 Å². The van der Waals surface area contributed by atoms with Crippen molar-refractivity contribution >= 4 is 24.0 Å². The van der Waals surface area contributed by atoms with Crippen molar-refractivity contribution in [3.8, 4) is 0 Å². The SMILES string of the molecule is CCN1C=NC2=C(c3cnn(C)c3)C=NC(=O)C21. The van der Waals surface area contributed by atoms with Gasteiger partial charge < -0.3 is 4.90 Å². The Balaban J connectivity index is 2.09. The molecule has 3 rings (SSSR count). The Kier molecular flexibility index (Phi) is 2.36. The van der Waals surface area contributed by atoms with Crippen molar-refractivity contribution in [2.75, 3.05) is 6.54 Å². The second-order valence-corrected chi connectivity index (χ2v) is 4.28. The normalized spacial score (nSPS) is 22.0. The van der Waals surface area contributed by atoms with Gasteiger partial charge in [-0.1, -0.05) is 0 Å². The molecule has 0 fully saturated rings. The summed E-state index contributed by atoms with van der Waals surface area (Å²) < 4.78 is 1.72. The first kappa shape index (κ1) is 10.9. The predicted octanol–water partition coefficient (Wildman–Crippen LogP) is 0.475. The molecule has 0 aliphatic carbocycles. The standard InChI is InChI=1S/C12H13N5O/c1-3-17-7-14-10-9(5-13-12(18)11(10)17)8-4-15-16(2)6-8/h4-7,11H,3H2,1-2H3. The van der Waals surface area contributed by atoms with E-state index in [-0.39, 0.29) is 11.9 Å². The largest absolute Gasteiger partial charge is 0.346 e. The molecule has 1 aromatic heterocycles. The third-order valence-corrected chi connectivity index (χ3v) is 3.15. The zero-order valence-electron chi connectivity index (χ0n) is 10.2. The Hall–Kier alpha value is -2.24. The molecule has 2 aliphatic rings. The molecule has 0 bridgehead atoms. The van der Waals surface area contributed by atoms with E-state index in [0.717, 1.165) is 23.4 Å². The van der Waals surface area contributed by atoms with Crippen molar-refractivity contribution in [1.29, 1.82) is 0 Å². The second kappa shape index (κ2) is 3.90. The van der Waals surface area contributed by atoms with Crippen LogP contribution < -0.4 is 0 Å². The Bertz CT molecular complexity index is 595. The Morgan fingerprint density at radius 3 is 2.89 bits per heavy atom. The Morgan fingerprint density at radius 1 is 1.39 bits per heavy atom. The molecule has 1 aromatic rings. The number of carbonyl (C=O) groups excluding carboxylic acids is 1. The van der Waals surface area contributed by atoms with Gasteiger partial charge in [0.05, 0.1) is 18.2 Å². The van der Waals surface area contributed by atoms with Gasteiger partial charge in [-0.25, -0.2) is 9.98 Å². The minimum Gasteiger partial charge on any atom is -0.346 e. The fourth-order valence-electron chi connectivity index (χ4n) is 2.22. The number of amides is 1. The molecule has 0 radical (unpaired) electrons. The summed E-state index contributed by atoms with van der Waals surface area (Å²) >= 11 is 0. The molecule has 18 heavy (non-hydrogen) atoms. The highest BCUT2D eigenvalue weighted by Crippen LogP contribution is 2.29. The number of nitrogens with zero attached hydrogens (tertiary/aromatic N) is 5. The van der Waals surface area contributed by atoms with Gasteiger partial charge in [-0.3, -0.25) is 9.48 Å². The van der Waals surface area contributed by atoms with Gasteiger partial charge in [-0.15, -0.1) is 0 Å². The summed E-state index contributed by atoms with van der Waals surface area (Å²) in [7, 11) is 1.85. The summed E-state index contributed by atoms with van der Waals surface area (Å²) in [5, 5.41) is 4.13. The maximum absolute atomic E-state index is 11.9. The summed E-state index contributed by atoms with van der Waals surface area (Å²) in [5.41, 5.74) is 2.58. The number of dihydropyridines is 1. The number of hydrogen-bond acceptors (Lipinski definition) is 4. The number of likely N-dealkylation sites (N-methyl/N-ethyl adjacent to an activating group) is 1. The maximum Gasteiger partial charge on any atom is 0.274 e. The van der Waals surface area contributed by atoms with E-state index in [9.17, 15) is 4.79 Å². The van der Waals surface area contributed by atoms with Crippen molar-refractivity contribution in [1.82, 2.24) is 14.7 Å². The highest BCUT2D eigenvalue weighted by atomic mass is 16.2. The summed E-state index contributed by atoms with van der Waals surface area (Å²) in [4.78, 5) is 22.1. The molecule has 6 nitrogen and oxygen atoms in total. The third kappa shape index (κ3) is 1.49. The van der Waals surface area contributed by atoms with E-state index in [1.165, 1.54) is 0 Å². The minimum atomic E-state index is -0.366. The molecule has 3 heterocycles. The molecular weight excluding hydrogens is 230 g/mol. The van der Waals surface area contributed by atoms with Crippen molar-refractivity contribution in [2.45, 2.75) is 13.0 Å². The number of aromatic nitrogens is 2. The molecule has 0 aromatic carbocycles. The van der Waals surface area contributed by atoms with Gasteiger partial charge in [-0.2, -0.15) is 5.10 Å². The monoisotopic (exact) mass is 243 g/mol. The van der Waals surface area contributed by atoms with Crippen molar-refractivity contribution in [3.63, 3.8) is 0 Å². The molecule has 1 atom stereocenters. The molecule has 0 saturated heterocycles. The zero-order valence-corrected chi connectivity index (χ0v) is 10.2. The average Bonchev–Trinajstić information content (AvgIpc) is 2.96. The summed E-state index contributed by atoms with van der Waals surface area (Å²) in [6, 6.07) is -0.366. The van der Waals surface area contributed by atoms with Crippen molar-refractivity contribution < 1.29 is 4.79 Å². The van der Waals surface area contributed by atoms with Crippen molar-refractivity contribution in [3.05, 3.63) is 23.7 Å². The van der Waals surface area contributed by atoms with Crippen molar-refractivity contribution in [2.24, 2.45) is 17.0 Å².